The van der Waals surface area contributed by atoms with Crippen LogP contribution in [0.5, 0.6) is 0 Å². The SMILES string of the molecule is [S]C1CCCOO1. The fourth-order valence-electron chi connectivity index (χ4n) is 0.481. The molecule has 0 aromatic heterocycles. The lowest BCUT2D eigenvalue weighted by Gasteiger charge is -2.14. The highest BCUT2D eigenvalue weighted by atomic mass is 32.1. The van der Waals surface area contributed by atoms with E-state index in [9.17, 15) is 0 Å². The third-order valence-electron chi connectivity index (χ3n) is 0.843. The predicted molar refractivity (Wildman–Crippen MR) is 27.6 cm³/mol. The maximum Gasteiger partial charge on any atom is 0.148 e. The van der Waals surface area contributed by atoms with Gasteiger partial charge in [0.1, 0.15) is 5.44 Å². The van der Waals surface area contributed by atoms with Crippen LogP contribution >= 0.6 is 12.6 Å². The molecule has 7 heavy (non-hydrogen) atoms. The van der Waals surface area contributed by atoms with Crippen LogP contribution in [-0.4, -0.2) is 12.0 Å². The highest BCUT2D eigenvalue weighted by Gasteiger charge is 2.09. The summed E-state index contributed by atoms with van der Waals surface area (Å²) in [5, 5.41) is 0. The normalized spacial score (nSPS) is 33.0. The smallest absolute Gasteiger partial charge is 0.148 e. The average molecular weight is 119 g/mol. The van der Waals surface area contributed by atoms with E-state index in [0.717, 1.165) is 12.8 Å². The van der Waals surface area contributed by atoms with Crippen molar-refractivity contribution in [1.29, 1.82) is 0 Å². The highest BCUT2D eigenvalue weighted by Crippen LogP contribution is 2.11. The van der Waals surface area contributed by atoms with E-state index in [1.165, 1.54) is 0 Å². The molecule has 1 radical (unpaired) electrons. The lowest BCUT2D eigenvalue weighted by molar-refractivity contribution is -0.322. The zero-order valence-corrected chi connectivity index (χ0v) is 4.74. The molecular formula is C4H7O2S. The van der Waals surface area contributed by atoms with E-state index in [-0.39, 0.29) is 5.44 Å². The number of hydrogen-bond acceptors (Lipinski definition) is 2. The van der Waals surface area contributed by atoms with Gasteiger partial charge >= 0.3 is 0 Å². The third-order valence-corrected chi connectivity index (χ3v) is 1.16. The fourth-order valence-corrected chi connectivity index (χ4v) is 0.703. The Labute approximate surface area is 48.1 Å². The molecule has 1 heterocycles. The first-order valence-electron chi connectivity index (χ1n) is 2.33. The molecule has 1 rings (SSSR count). The van der Waals surface area contributed by atoms with Gasteiger partial charge in [-0.25, -0.2) is 9.78 Å². The first kappa shape index (κ1) is 5.41. The zero-order valence-electron chi connectivity index (χ0n) is 3.92. The van der Waals surface area contributed by atoms with Gasteiger partial charge in [0, 0.05) is 0 Å². The summed E-state index contributed by atoms with van der Waals surface area (Å²) in [6, 6.07) is 0. The largest absolute Gasteiger partial charge is 0.236 e. The van der Waals surface area contributed by atoms with Crippen molar-refractivity contribution in [2.75, 3.05) is 6.61 Å². The lowest BCUT2D eigenvalue weighted by atomic mass is 10.3. The van der Waals surface area contributed by atoms with Crippen molar-refractivity contribution in [3.8, 4) is 0 Å². The second-order valence-electron chi connectivity index (χ2n) is 1.49. The van der Waals surface area contributed by atoms with Crippen LogP contribution in [0.1, 0.15) is 12.8 Å². The summed E-state index contributed by atoms with van der Waals surface area (Å²) in [7, 11) is 0. The Bertz CT molecular complexity index is 51.7. The van der Waals surface area contributed by atoms with Crippen molar-refractivity contribution in [3.05, 3.63) is 0 Å². The molecule has 3 heteroatoms. The summed E-state index contributed by atoms with van der Waals surface area (Å²) in [5.41, 5.74) is -0.103. The molecule has 1 fully saturated rings. The summed E-state index contributed by atoms with van der Waals surface area (Å²) >= 11 is 4.74. The van der Waals surface area contributed by atoms with Crippen LogP contribution in [0.2, 0.25) is 0 Å². The molecule has 1 aliphatic rings. The quantitative estimate of drug-likeness (QED) is 0.447. The van der Waals surface area contributed by atoms with Crippen molar-refractivity contribution < 1.29 is 9.78 Å². The van der Waals surface area contributed by atoms with Crippen molar-refractivity contribution in [2.24, 2.45) is 0 Å². The minimum absolute atomic E-state index is 0.103. The van der Waals surface area contributed by atoms with E-state index in [1.807, 2.05) is 0 Å². The second kappa shape index (κ2) is 2.55. The van der Waals surface area contributed by atoms with Crippen molar-refractivity contribution in [3.63, 3.8) is 0 Å². The predicted octanol–water partition coefficient (Wildman–Crippen LogP) is 1.25. The van der Waals surface area contributed by atoms with Gasteiger partial charge in [-0.3, -0.25) is 0 Å². The molecule has 1 saturated heterocycles. The van der Waals surface area contributed by atoms with Crippen LogP contribution in [-0.2, 0) is 9.78 Å². The van der Waals surface area contributed by atoms with E-state index >= 15 is 0 Å². The summed E-state index contributed by atoms with van der Waals surface area (Å²) in [4.78, 5) is 9.17. The van der Waals surface area contributed by atoms with Crippen LogP contribution in [0.4, 0.5) is 0 Å². The van der Waals surface area contributed by atoms with Gasteiger partial charge in [-0.1, -0.05) is 12.6 Å². The molecule has 0 aromatic rings. The zero-order chi connectivity index (χ0) is 5.11. The number of rotatable bonds is 0. The summed E-state index contributed by atoms with van der Waals surface area (Å²) in [6.07, 6.45) is 1.99. The Morgan fingerprint density at radius 2 is 2.43 bits per heavy atom. The molecule has 2 nitrogen and oxygen atoms in total. The van der Waals surface area contributed by atoms with E-state index in [2.05, 4.69) is 9.78 Å². The van der Waals surface area contributed by atoms with Gasteiger partial charge < -0.3 is 0 Å². The van der Waals surface area contributed by atoms with Crippen LogP contribution in [0.15, 0.2) is 0 Å². The van der Waals surface area contributed by atoms with Crippen molar-refractivity contribution in [1.82, 2.24) is 0 Å². The Hall–Kier alpha value is 0.270. The molecule has 0 bridgehead atoms. The highest BCUT2D eigenvalue weighted by molar-refractivity contribution is 7.80. The van der Waals surface area contributed by atoms with Gasteiger partial charge in [0.2, 0.25) is 0 Å². The van der Waals surface area contributed by atoms with Gasteiger partial charge in [0.25, 0.3) is 0 Å². The minimum atomic E-state index is -0.103. The lowest BCUT2D eigenvalue weighted by Crippen LogP contribution is -2.13. The Balaban J connectivity index is 2.12. The van der Waals surface area contributed by atoms with Crippen LogP contribution in [0, 0.1) is 0 Å². The van der Waals surface area contributed by atoms with Crippen molar-refractivity contribution in [2.45, 2.75) is 18.3 Å². The van der Waals surface area contributed by atoms with Gasteiger partial charge in [-0.05, 0) is 12.8 Å². The van der Waals surface area contributed by atoms with E-state index in [1.54, 1.807) is 0 Å². The molecule has 0 aliphatic carbocycles. The third kappa shape index (κ3) is 1.67. The second-order valence-corrected chi connectivity index (χ2v) is 2.02. The summed E-state index contributed by atoms with van der Waals surface area (Å²) in [5.74, 6) is 0. The molecule has 0 amide bonds. The molecule has 0 aromatic carbocycles. The molecular weight excluding hydrogens is 112 g/mol. The van der Waals surface area contributed by atoms with Crippen molar-refractivity contribution >= 4 is 12.6 Å². The first-order chi connectivity index (χ1) is 3.39. The molecule has 1 atom stereocenters. The maximum atomic E-state index is 4.74. The summed E-state index contributed by atoms with van der Waals surface area (Å²) in [6.45, 7) is 0.702. The van der Waals surface area contributed by atoms with Gasteiger partial charge in [-0.15, -0.1) is 0 Å². The van der Waals surface area contributed by atoms with Gasteiger partial charge in [0.15, 0.2) is 0 Å². The molecule has 0 N–H and O–H groups in total. The monoisotopic (exact) mass is 119 g/mol. The molecule has 0 spiro atoms. The van der Waals surface area contributed by atoms with E-state index in [4.69, 9.17) is 12.6 Å². The topological polar surface area (TPSA) is 18.5 Å². The first-order valence-corrected chi connectivity index (χ1v) is 2.81. The van der Waals surface area contributed by atoms with Gasteiger partial charge in [-0.2, -0.15) is 0 Å². The van der Waals surface area contributed by atoms with Gasteiger partial charge in [0.05, 0.1) is 6.61 Å². The van der Waals surface area contributed by atoms with E-state index < -0.39 is 0 Å². The minimum Gasteiger partial charge on any atom is -0.236 e. The van der Waals surface area contributed by atoms with Crippen LogP contribution in [0.25, 0.3) is 0 Å². The Morgan fingerprint density at radius 1 is 1.57 bits per heavy atom. The number of hydrogen-bond donors (Lipinski definition) is 0. The standard InChI is InChI=1S/C4H7O2S/c7-4-2-1-3-5-6-4/h4H,1-3H2. The summed E-state index contributed by atoms with van der Waals surface area (Å²) < 4.78 is 0. The fraction of sp³-hybridized carbons (Fsp3) is 1.00. The molecule has 1 aliphatic heterocycles. The molecule has 1 unspecified atom stereocenters. The van der Waals surface area contributed by atoms with Crippen LogP contribution in [0.3, 0.4) is 0 Å². The van der Waals surface area contributed by atoms with Crippen LogP contribution < -0.4 is 0 Å². The van der Waals surface area contributed by atoms with E-state index in [0.29, 0.717) is 6.61 Å². The molecule has 41 valence electrons. The Morgan fingerprint density at radius 3 is 2.71 bits per heavy atom. The average Bonchev–Trinajstić information content (AvgIpc) is 1.69. The molecule has 0 saturated carbocycles. The maximum absolute atomic E-state index is 4.74. The Kier molecular flexibility index (Phi) is 1.97.